The summed E-state index contributed by atoms with van der Waals surface area (Å²) in [4.78, 5) is 12.7. The molecule has 0 radical (unpaired) electrons. The van der Waals surface area contributed by atoms with E-state index in [1.54, 1.807) is 24.3 Å². The van der Waals surface area contributed by atoms with Gasteiger partial charge in [0.25, 0.3) is 10.0 Å². The van der Waals surface area contributed by atoms with Crippen molar-refractivity contribution in [3.8, 4) is 0 Å². The highest BCUT2D eigenvalue weighted by Gasteiger charge is 2.39. The van der Waals surface area contributed by atoms with Gasteiger partial charge in [0.05, 0.1) is 12.2 Å². The lowest BCUT2D eigenvalue weighted by atomic mass is 10.1. The normalized spacial score (nSPS) is 16.3. The van der Waals surface area contributed by atoms with Crippen LogP contribution in [0, 0.1) is 0 Å². The van der Waals surface area contributed by atoms with Gasteiger partial charge in [-0.1, -0.05) is 72.8 Å². The molecule has 0 unspecified atom stereocenters. The molecule has 1 aliphatic heterocycles. The van der Waals surface area contributed by atoms with Gasteiger partial charge >= 0.3 is 0 Å². The lowest BCUT2D eigenvalue weighted by molar-refractivity contribution is 0.104. The highest BCUT2D eigenvalue weighted by molar-refractivity contribution is 7.97. The minimum Gasteiger partial charge on any atom is -0.389 e. The first kappa shape index (κ1) is 19.9. The third-order valence-electron chi connectivity index (χ3n) is 5.01. The summed E-state index contributed by atoms with van der Waals surface area (Å²) >= 11 is 0. The molecule has 0 amide bonds. The number of ketones is 1. The summed E-state index contributed by atoms with van der Waals surface area (Å²) in [5.74, 6) is -0.484. The van der Waals surface area contributed by atoms with Gasteiger partial charge in [0.15, 0.2) is 4.91 Å². The predicted octanol–water partition coefficient (Wildman–Crippen LogP) is 3.89. The van der Waals surface area contributed by atoms with Crippen LogP contribution in [-0.4, -0.2) is 20.7 Å². The largest absolute Gasteiger partial charge is 0.389 e. The second-order valence-electron chi connectivity index (χ2n) is 7.04. The van der Waals surface area contributed by atoms with Crippen LogP contribution >= 0.6 is 0 Å². The van der Waals surface area contributed by atoms with Gasteiger partial charge in [-0.05, 0) is 29.7 Å². The molecule has 1 N–H and O–H groups in total. The first-order chi connectivity index (χ1) is 14.6. The molecular formula is C24H22N2O3S. The lowest BCUT2D eigenvalue weighted by Gasteiger charge is -2.31. The number of fused-ring (bicyclic) bond motifs is 1. The van der Waals surface area contributed by atoms with E-state index in [4.69, 9.17) is 0 Å². The van der Waals surface area contributed by atoms with Crippen molar-refractivity contribution < 1.29 is 13.2 Å². The smallest absolute Gasteiger partial charge is 0.270 e. The van der Waals surface area contributed by atoms with Crippen LogP contribution < -0.4 is 9.62 Å². The first-order valence-electron chi connectivity index (χ1n) is 9.75. The maximum Gasteiger partial charge on any atom is 0.270 e. The standard InChI is InChI=1S/C24H22N2O3S/c27-24-21-13-7-8-14-22(21)26(18-20-11-5-2-6-12-20)30(28,29)23(24)17-25-16-15-19-9-3-1-4-10-19/h1-14,17,25H,15-16,18H2. The molecule has 1 aliphatic rings. The number of allylic oxidation sites excluding steroid dienone is 1. The Balaban J connectivity index is 1.63. The zero-order valence-electron chi connectivity index (χ0n) is 16.4. The van der Waals surface area contributed by atoms with Crippen LogP contribution in [0.2, 0.25) is 0 Å². The van der Waals surface area contributed by atoms with Gasteiger partial charge in [0, 0.05) is 18.3 Å². The number of carbonyl (C=O) groups excluding carboxylic acids is 1. The summed E-state index contributed by atoms with van der Waals surface area (Å²) in [6.07, 6.45) is 2.07. The van der Waals surface area contributed by atoms with Gasteiger partial charge in [0.2, 0.25) is 5.78 Å². The quantitative estimate of drug-likeness (QED) is 0.487. The van der Waals surface area contributed by atoms with Crippen molar-refractivity contribution in [3.05, 3.63) is 113 Å². The van der Waals surface area contributed by atoms with E-state index in [9.17, 15) is 13.2 Å². The molecule has 1 heterocycles. The highest BCUT2D eigenvalue weighted by Crippen LogP contribution is 2.35. The summed E-state index contributed by atoms with van der Waals surface area (Å²) in [5.41, 5.74) is 2.78. The van der Waals surface area contributed by atoms with Gasteiger partial charge in [-0.15, -0.1) is 0 Å². The molecule has 5 nitrogen and oxygen atoms in total. The number of carbonyl (C=O) groups is 1. The fourth-order valence-electron chi connectivity index (χ4n) is 3.47. The number of benzene rings is 3. The number of sulfonamides is 1. The molecule has 0 atom stereocenters. The van der Waals surface area contributed by atoms with Crippen LogP contribution in [0.4, 0.5) is 5.69 Å². The minimum absolute atomic E-state index is 0.162. The molecule has 3 aromatic rings. The average Bonchev–Trinajstić information content (AvgIpc) is 2.77. The first-order valence-corrected chi connectivity index (χ1v) is 11.2. The molecule has 3 aromatic carbocycles. The molecule has 0 saturated carbocycles. The average molecular weight is 419 g/mol. The van der Waals surface area contributed by atoms with E-state index in [0.29, 0.717) is 17.8 Å². The van der Waals surface area contributed by atoms with E-state index < -0.39 is 15.8 Å². The summed E-state index contributed by atoms with van der Waals surface area (Å²) in [5, 5.41) is 3.02. The summed E-state index contributed by atoms with van der Waals surface area (Å²) in [6.45, 7) is 0.686. The van der Waals surface area contributed by atoms with Crippen molar-refractivity contribution >= 4 is 21.5 Å². The Morgan fingerprint density at radius 3 is 2.10 bits per heavy atom. The highest BCUT2D eigenvalue weighted by atomic mass is 32.2. The maximum atomic E-state index is 13.4. The number of para-hydroxylation sites is 1. The van der Waals surface area contributed by atoms with E-state index in [2.05, 4.69) is 5.32 Å². The van der Waals surface area contributed by atoms with Gasteiger partial charge in [0.1, 0.15) is 0 Å². The maximum absolute atomic E-state index is 13.4. The molecule has 0 saturated heterocycles. The predicted molar refractivity (Wildman–Crippen MR) is 119 cm³/mol. The number of anilines is 1. The molecule has 152 valence electrons. The zero-order valence-corrected chi connectivity index (χ0v) is 17.2. The molecular weight excluding hydrogens is 396 g/mol. The Kier molecular flexibility index (Phi) is 5.68. The van der Waals surface area contributed by atoms with E-state index in [-0.39, 0.29) is 11.4 Å². The Hall–Kier alpha value is -3.38. The summed E-state index contributed by atoms with van der Waals surface area (Å²) in [7, 11) is -3.99. The van der Waals surface area contributed by atoms with Gasteiger partial charge in [-0.25, -0.2) is 8.42 Å². The van der Waals surface area contributed by atoms with Crippen LogP contribution in [0.25, 0.3) is 0 Å². The molecule has 4 rings (SSSR count). The van der Waals surface area contributed by atoms with Gasteiger partial charge < -0.3 is 5.32 Å². The molecule has 0 fully saturated rings. The Morgan fingerprint density at radius 1 is 0.800 bits per heavy atom. The fourth-order valence-corrected chi connectivity index (χ4v) is 5.02. The lowest BCUT2D eigenvalue weighted by Crippen LogP contribution is -2.39. The van der Waals surface area contributed by atoms with Crippen LogP contribution in [0.3, 0.4) is 0 Å². The fraction of sp³-hybridized carbons (Fsp3) is 0.125. The van der Waals surface area contributed by atoms with Crippen molar-refractivity contribution in [3.63, 3.8) is 0 Å². The zero-order chi connectivity index (χ0) is 21.0. The number of hydrogen-bond donors (Lipinski definition) is 1. The topological polar surface area (TPSA) is 66.5 Å². The van der Waals surface area contributed by atoms with Crippen molar-refractivity contribution in [1.82, 2.24) is 5.32 Å². The Labute approximate surface area is 176 Å². The van der Waals surface area contributed by atoms with E-state index in [1.807, 2.05) is 60.7 Å². The van der Waals surface area contributed by atoms with Gasteiger partial charge in [-0.2, -0.15) is 0 Å². The van der Waals surface area contributed by atoms with Crippen molar-refractivity contribution in [1.29, 1.82) is 0 Å². The number of rotatable bonds is 6. The SMILES string of the molecule is O=C1C(=CNCCc2ccccc2)S(=O)(=O)N(Cc2ccccc2)c2ccccc21. The van der Waals surface area contributed by atoms with Gasteiger partial charge in [-0.3, -0.25) is 9.10 Å². The third-order valence-corrected chi connectivity index (χ3v) is 6.78. The molecule has 6 heteroatoms. The molecule has 0 bridgehead atoms. The van der Waals surface area contributed by atoms with E-state index in [0.717, 1.165) is 17.5 Å². The van der Waals surface area contributed by atoms with Crippen LogP contribution in [0.5, 0.6) is 0 Å². The van der Waals surface area contributed by atoms with E-state index in [1.165, 1.54) is 10.5 Å². The Morgan fingerprint density at radius 2 is 1.40 bits per heavy atom. The summed E-state index contributed by atoms with van der Waals surface area (Å²) in [6, 6.07) is 26.1. The second-order valence-corrected chi connectivity index (χ2v) is 8.87. The Bertz CT molecular complexity index is 1170. The summed E-state index contributed by atoms with van der Waals surface area (Å²) < 4.78 is 28.0. The molecule has 0 aromatic heterocycles. The third kappa shape index (κ3) is 4.00. The number of nitrogens with zero attached hydrogens (tertiary/aromatic N) is 1. The molecule has 0 spiro atoms. The number of nitrogens with one attached hydrogen (secondary N) is 1. The van der Waals surface area contributed by atoms with Crippen LogP contribution in [0.15, 0.2) is 96.0 Å². The van der Waals surface area contributed by atoms with Crippen molar-refractivity contribution in [2.45, 2.75) is 13.0 Å². The minimum atomic E-state index is -3.99. The second kappa shape index (κ2) is 8.55. The van der Waals surface area contributed by atoms with E-state index >= 15 is 0 Å². The van der Waals surface area contributed by atoms with Crippen molar-refractivity contribution in [2.24, 2.45) is 0 Å². The monoisotopic (exact) mass is 418 g/mol. The number of Topliss-reactive ketones (excluding diaryl/α,β-unsaturated/α-hetero) is 1. The molecule has 0 aliphatic carbocycles. The molecule has 30 heavy (non-hydrogen) atoms. The van der Waals surface area contributed by atoms with Crippen LogP contribution in [0.1, 0.15) is 21.5 Å². The number of hydrogen-bond acceptors (Lipinski definition) is 4. The van der Waals surface area contributed by atoms with Crippen molar-refractivity contribution in [2.75, 3.05) is 10.8 Å². The van der Waals surface area contributed by atoms with Crippen LogP contribution in [-0.2, 0) is 23.0 Å².